The quantitative estimate of drug-likeness (QED) is 0.428. The first-order valence-corrected chi connectivity index (χ1v) is 13.1. The number of aromatic nitrogens is 2. The molecule has 0 saturated heterocycles. The van der Waals surface area contributed by atoms with Crippen molar-refractivity contribution in [3.05, 3.63) is 15.0 Å². The fourth-order valence-electron chi connectivity index (χ4n) is 2.44. The van der Waals surface area contributed by atoms with Gasteiger partial charge in [0.25, 0.3) is 0 Å². The summed E-state index contributed by atoms with van der Waals surface area (Å²) < 4.78 is 9.63. The third kappa shape index (κ3) is 6.61. The summed E-state index contributed by atoms with van der Waals surface area (Å²) in [6.07, 6.45) is -0.322. The molecular formula is C18H36IN3O2Si. The highest BCUT2D eigenvalue weighted by Gasteiger charge is 2.37. The summed E-state index contributed by atoms with van der Waals surface area (Å²) in [5, 5.41) is 14.6. The Morgan fingerprint density at radius 3 is 2.44 bits per heavy atom. The summed E-state index contributed by atoms with van der Waals surface area (Å²) in [5.74, 6) is 0. The summed E-state index contributed by atoms with van der Waals surface area (Å²) in [4.78, 5) is 2.26. The maximum Gasteiger partial charge on any atom is 0.192 e. The van der Waals surface area contributed by atoms with Crippen molar-refractivity contribution in [2.75, 3.05) is 19.7 Å². The van der Waals surface area contributed by atoms with Gasteiger partial charge < -0.3 is 9.53 Å². The molecule has 0 spiro atoms. The summed E-state index contributed by atoms with van der Waals surface area (Å²) in [6, 6.07) is 0. The number of halogens is 1. The predicted molar refractivity (Wildman–Crippen MR) is 115 cm³/mol. The Morgan fingerprint density at radius 1 is 1.36 bits per heavy atom. The van der Waals surface area contributed by atoms with Crippen molar-refractivity contribution in [3.8, 4) is 0 Å². The van der Waals surface area contributed by atoms with Crippen LogP contribution in [0.25, 0.3) is 0 Å². The summed E-state index contributed by atoms with van der Waals surface area (Å²) in [7, 11) is -1.73. The van der Waals surface area contributed by atoms with Crippen molar-refractivity contribution in [2.45, 2.75) is 78.9 Å². The van der Waals surface area contributed by atoms with Gasteiger partial charge in [-0.15, -0.1) is 0 Å². The van der Waals surface area contributed by atoms with E-state index in [0.29, 0.717) is 13.2 Å². The maximum atomic E-state index is 9.70. The van der Waals surface area contributed by atoms with E-state index in [1.807, 2.05) is 6.92 Å². The molecule has 1 N–H and O–H groups in total. The number of aliphatic hydroxyl groups excluding tert-OH is 1. The lowest BCUT2D eigenvalue weighted by Gasteiger charge is -2.36. The molecule has 7 heteroatoms. The summed E-state index contributed by atoms with van der Waals surface area (Å²) >= 11 is 2.39. The normalized spacial score (nSPS) is 14.4. The van der Waals surface area contributed by atoms with Gasteiger partial charge in [0.1, 0.15) is 0 Å². The Kier molecular flexibility index (Phi) is 8.58. The van der Waals surface area contributed by atoms with Gasteiger partial charge in [0.05, 0.1) is 34.2 Å². The van der Waals surface area contributed by atoms with E-state index in [4.69, 9.17) is 9.52 Å². The minimum absolute atomic E-state index is 0.223. The van der Waals surface area contributed by atoms with Crippen LogP contribution < -0.4 is 0 Å². The standard InChI is InChI=1S/C18H36IN3O2Si/c1-9-21(12-14(2)23)13-16-17(19)15(3)20-22(16)10-11-24-25(7,8)18(4,5)6/h14,23H,9-13H2,1-8H3/t14-/m1/s1. The molecule has 1 atom stereocenters. The lowest BCUT2D eigenvalue weighted by molar-refractivity contribution is 0.123. The predicted octanol–water partition coefficient (Wildman–Crippen LogP) is 4.02. The van der Waals surface area contributed by atoms with Gasteiger partial charge in [0.15, 0.2) is 8.32 Å². The zero-order chi connectivity index (χ0) is 19.4. The van der Waals surface area contributed by atoms with E-state index in [1.165, 1.54) is 9.26 Å². The molecule has 0 aromatic carbocycles. The smallest absolute Gasteiger partial charge is 0.192 e. The second-order valence-corrected chi connectivity index (χ2v) is 14.2. The Balaban J connectivity index is 2.83. The molecule has 0 aliphatic rings. The Bertz CT molecular complexity index is 553. The molecule has 0 bridgehead atoms. The zero-order valence-corrected chi connectivity index (χ0v) is 20.3. The second kappa shape index (κ2) is 9.30. The molecule has 0 radical (unpaired) electrons. The Labute approximate surface area is 168 Å². The second-order valence-electron chi connectivity index (χ2n) is 8.35. The fraction of sp³-hybridized carbons (Fsp3) is 0.833. The molecule has 146 valence electrons. The maximum absolute atomic E-state index is 9.70. The van der Waals surface area contributed by atoms with Crippen molar-refractivity contribution in [1.82, 2.24) is 14.7 Å². The van der Waals surface area contributed by atoms with Crippen molar-refractivity contribution in [2.24, 2.45) is 0 Å². The van der Waals surface area contributed by atoms with Crippen LogP contribution in [0.1, 0.15) is 46.0 Å². The molecule has 0 fully saturated rings. The van der Waals surface area contributed by atoms with Gasteiger partial charge in [-0.1, -0.05) is 27.7 Å². The van der Waals surface area contributed by atoms with Gasteiger partial charge in [-0.3, -0.25) is 9.58 Å². The van der Waals surface area contributed by atoms with Gasteiger partial charge in [-0.2, -0.15) is 5.10 Å². The van der Waals surface area contributed by atoms with Gasteiger partial charge in [0, 0.05) is 13.1 Å². The van der Waals surface area contributed by atoms with E-state index in [2.05, 4.69) is 79.9 Å². The Morgan fingerprint density at radius 2 is 1.96 bits per heavy atom. The third-order valence-electron chi connectivity index (χ3n) is 5.07. The third-order valence-corrected chi connectivity index (χ3v) is 11.0. The molecular weight excluding hydrogens is 445 g/mol. The van der Waals surface area contributed by atoms with E-state index in [1.54, 1.807) is 0 Å². The largest absolute Gasteiger partial charge is 0.415 e. The average molecular weight is 481 g/mol. The molecule has 0 aliphatic carbocycles. The monoisotopic (exact) mass is 481 g/mol. The number of aliphatic hydroxyl groups is 1. The van der Waals surface area contributed by atoms with Crippen LogP contribution in [0.3, 0.4) is 0 Å². The van der Waals surface area contributed by atoms with E-state index >= 15 is 0 Å². The topological polar surface area (TPSA) is 50.5 Å². The van der Waals surface area contributed by atoms with Gasteiger partial charge >= 0.3 is 0 Å². The van der Waals surface area contributed by atoms with E-state index < -0.39 is 8.32 Å². The molecule has 5 nitrogen and oxygen atoms in total. The van der Waals surface area contributed by atoms with Gasteiger partial charge in [-0.05, 0) is 61.1 Å². The van der Waals surface area contributed by atoms with Gasteiger partial charge in [0.2, 0.25) is 0 Å². The highest BCUT2D eigenvalue weighted by molar-refractivity contribution is 14.1. The van der Waals surface area contributed by atoms with Crippen molar-refractivity contribution in [3.63, 3.8) is 0 Å². The number of likely N-dealkylation sites (N-methyl/N-ethyl adjacent to an activating group) is 1. The van der Waals surface area contributed by atoms with Crippen molar-refractivity contribution in [1.29, 1.82) is 0 Å². The molecule has 1 heterocycles. The first-order chi connectivity index (χ1) is 11.4. The van der Waals surface area contributed by atoms with E-state index in [9.17, 15) is 5.11 Å². The molecule has 0 aliphatic heterocycles. The minimum Gasteiger partial charge on any atom is -0.415 e. The molecule has 25 heavy (non-hydrogen) atoms. The average Bonchev–Trinajstić information content (AvgIpc) is 2.72. The lowest BCUT2D eigenvalue weighted by atomic mass is 10.2. The van der Waals surface area contributed by atoms with Crippen LogP contribution in [0.4, 0.5) is 0 Å². The minimum atomic E-state index is -1.73. The van der Waals surface area contributed by atoms with Crippen LogP contribution in [-0.4, -0.2) is 53.9 Å². The highest BCUT2D eigenvalue weighted by atomic mass is 127. The summed E-state index contributed by atoms with van der Waals surface area (Å²) in [6.45, 7) is 21.3. The van der Waals surface area contributed by atoms with Gasteiger partial charge in [-0.25, -0.2) is 0 Å². The van der Waals surface area contributed by atoms with Crippen LogP contribution in [0, 0.1) is 10.5 Å². The fourth-order valence-corrected chi connectivity index (χ4v) is 4.03. The van der Waals surface area contributed by atoms with Crippen LogP contribution in [0.5, 0.6) is 0 Å². The molecule has 0 amide bonds. The number of hydrogen-bond acceptors (Lipinski definition) is 4. The van der Waals surface area contributed by atoms with Crippen molar-refractivity contribution >= 4 is 30.9 Å². The zero-order valence-electron chi connectivity index (χ0n) is 17.2. The molecule has 0 unspecified atom stereocenters. The number of rotatable bonds is 9. The number of hydrogen-bond donors (Lipinski definition) is 1. The van der Waals surface area contributed by atoms with Crippen LogP contribution >= 0.6 is 22.6 Å². The van der Waals surface area contributed by atoms with Crippen LogP contribution in [-0.2, 0) is 17.5 Å². The Hall–Kier alpha value is 0.0369. The molecule has 1 rings (SSSR count). The molecule has 1 aromatic rings. The summed E-state index contributed by atoms with van der Waals surface area (Å²) in [5.41, 5.74) is 2.29. The molecule has 0 saturated carbocycles. The number of aryl methyl sites for hydroxylation is 1. The lowest BCUT2D eigenvalue weighted by Crippen LogP contribution is -2.41. The first kappa shape index (κ1) is 23.1. The molecule has 1 aromatic heterocycles. The first-order valence-electron chi connectivity index (χ1n) is 9.15. The SMILES string of the molecule is CCN(Cc1c(I)c(C)nn1CCO[Si](C)(C)C(C)(C)C)C[C@@H](C)O. The highest BCUT2D eigenvalue weighted by Crippen LogP contribution is 2.36. The van der Waals surface area contributed by atoms with Crippen LogP contribution in [0.15, 0.2) is 0 Å². The van der Waals surface area contributed by atoms with E-state index in [-0.39, 0.29) is 11.1 Å². The van der Waals surface area contributed by atoms with E-state index in [0.717, 1.165) is 25.3 Å². The van der Waals surface area contributed by atoms with Crippen LogP contribution in [0.2, 0.25) is 18.1 Å². The van der Waals surface area contributed by atoms with Crippen molar-refractivity contribution < 1.29 is 9.53 Å². The number of nitrogens with zero attached hydrogens (tertiary/aromatic N) is 3.